The van der Waals surface area contributed by atoms with Crippen LogP contribution in [0.2, 0.25) is 0 Å². The molecule has 0 amide bonds. The largest absolute Gasteiger partial charge is 0.269 e. The van der Waals surface area contributed by atoms with E-state index >= 15 is 0 Å². The van der Waals surface area contributed by atoms with Gasteiger partial charge in [0.25, 0.3) is 5.69 Å². The van der Waals surface area contributed by atoms with Crippen LogP contribution in [0, 0.1) is 10.1 Å². The van der Waals surface area contributed by atoms with E-state index in [2.05, 4.69) is 10.1 Å². The first-order valence-electron chi connectivity index (χ1n) is 6.71. The second kappa shape index (κ2) is 4.63. The molecule has 0 fully saturated rings. The molecule has 6 heteroatoms. The molecule has 0 bridgehead atoms. The summed E-state index contributed by atoms with van der Waals surface area (Å²) in [5, 5.41) is 17.3. The van der Waals surface area contributed by atoms with Crippen LogP contribution >= 0.6 is 0 Å². The van der Waals surface area contributed by atoms with Gasteiger partial charge >= 0.3 is 0 Å². The zero-order chi connectivity index (χ0) is 15.1. The summed E-state index contributed by atoms with van der Waals surface area (Å²) in [6.07, 6.45) is 1.86. The second-order valence-electron chi connectivity index (χ2n) is 4.91. The lowest BCUT2D eigenvalue weighted by Gasteiger charge is -1.97. The quantitative estimate of drug-likeness (QED) is 0.418. The van der Waals surface area contributed by atoms with Crippen molar-refractivity contribution in [1.82, 2.24) is 14.6 Å². The molecule has 22 heavy (non-hydrogen) atoms. The van der Waals surface area contributed by atoms with Gasteiger partial charge in [0.2, 0.25) is 0 Å². The highest BCUT2D eigenvalue weighted by molar-refractivity contribution is 5.94. The minimum atomic E-state index is -0.422. The fraction of sp³-hybridized carbons (Fsp3) is 0. The molecule has 2 aromatic heterocycles. The van der Waals surface area contributed by atoms with Gasteiger partial charge < -0.3 is 0 Å². The summed E-state index contributed by atoms with van der Waals surface area (Å²) in [7, 11) is 0. The summed E-state index contributed by atoms with van der Waals surface area (Å²) in [6.45, 7) is 0. The number of nitrogens with zero attached hydrogens (tertiary/aromatic N) is 4. The summed E-state index contributed by atoms with van der Waals surface area (Å²) >= 11 is 0. The molecule has 0 N–H and O–H groups in total. The van der Waals surface area contributed by atoms with Crippen LogP contribution < -0.4 is 0 Å². The molecule has 0 radical (unpaired) electrons. The minimum absolute atomic E-state index is 0.0537. The van der Waals surface area contributed by atoms with E-state index in [-0.39, 0.29) is 5.69 Å². The molecule has 0 aliphatic heterocycles. The topological polar surface area (TPSA) is 73.3 Å². The van der Waals surface area contributed by atoms with E-state index in [0.717, 1.165) is 22.0 Å². The predicted octanol–water partition coefficient (Wildman–Crippen LogP) is 3.46. The van der Waals surface area contributed by atoms with Crippen LogP contribution in [0.5, 0.6) is 0 Å². The third-order valence-electron chi connectivity index (χ3n) is 3.56. The Morgan fingerprint density at radius 2 is 1.77 bits per heavy atom. The summed E-state index contributed by atoms with van der Waals surface area (Å²) in [4.78, 5) is 14.9. The number of aromatic nitrogens is 3. The number of nitro groups is 1. The highest BCUT2D eigenvalue weighted by Gasteiger charge is 2.11. The molecule has 0 unspecified atom stereocenters. The van der Waals surface area contributed by atoms with Crippen molar-refractivity contribution in [2.75, 3.05) is 0 Å². The lowest BCUT2D eigenvalue weighted by atomic mass is 10.2. The number of pyridine rings is 1. The molecule has 0 aliphatic carbocycles. The summed E-state index contributed by atoms with van der Waals surface area (Å²) in [5.41, 5.74) is 1.57. The van der Waals surface area contributed by atoms with E-state index in [1.165, 1.54) is 12.1 Å². The second-order valence-corrected chi connectivity index (χ2v) is 4.91. The van der Waals surface area contributed by atoms with Crippen LogP contribution in [-0.4, -0.2) is 19.5 Å². The Morgan fingerprint density at radius 3 is 2.55 bits per heavy atom. The molecule has 0 aliphatic rings. The smallest absolute Gasteiger partial charge is 0.258 e. The maximum absolute atomic E-state index is 10.7. The lowest BCUT2D eigenvalue weighted by Crippen LogP contribution is -1.88. The van der Waals surface area contributed by atoms with Gasteiger partial charge in [-0.15, -0.1) is 5.10 Å². The molecular formula is C16H10N4O2. The maximum atomic E-state index is 10.7. The molecule has 4 aromatic rings. The van der Waals surface area contributed by atoms with Gasteiger partial charge in [0, 0.05) is 29.3 Å². The number of nitro benzene ring substituents is 1. The molecular weight excluding hydrogens is 280 g/mol. The van der Waals surface area contributed by atoms with Gasteiger partial charge in [0.05, 0.1) is 4.92 Å². The van der Waals surface area contributed by atoms with Gasteiger partial charge in [-0.25, -0.2) is 9.50 Å². The van der Waals surface area contributed by atoms with Gasteiger partial charge in [0.15, 0.2) is 11.5 Å². The van der Waals surface area contributed by atoms with Crippen LogP contribution in [0.4, 0.5) is 5.69 Å². The lowest BCUT2D eigenvalue weighted by molar-refractivity contribution is -0.384. The van der Waals surface area contributed by atoms with Crippen LogP contribution in [-0.2, 0) is 0 Å². The Morgan fingerprint density at radius 1 is 1.00 bits per heavy atom. The van der Waals surface area contributed by atoms with Gasteiger partial charge in [-0.05, 0) is 23.6 Å². The first-order chi connectivity index (χ1) is 10.7. The average molecular weight is 290 g/mol. The van der Waals surface area contributed by atoms with Crippen molar-refractivity contribution in [3.63, 3.8) is 0 Å². The van der Waals surface area contributed by atoms with Gasteiger partial charge in [0.1, 0.15) is 0 Å². The summed E-state index contributed by atoms with van der Waals surface area (Å²) in [6, 6.07) is 16.2. The molecule has 2 aromatic carbocycles. The fourth-order valence-electron chi connectivity index (χ4n) is 2.46. The average Bonchev–Trinajstić information content (AvgIpc) is 2.99. The third kappa shape index (κ3) is 1.89. The van der Waals surface area contributed by atoms with E-state index in [9.17, 15) is 10.1 Å². The van der Waals surface area contributed by atoms with E-state index in [0.29, 0.717) is 5.82 Å². The Labute approximate surface area is 124 Å². The summed E-state index contributed by atoms with van der Waals surface area (Å²) < 4.78 is 1.72. The monoisotopic (exact) mass is 290 g/mol. The molecule has 0 saturated carbocycles. The zero-order valence-corrected chi connectivity index (χ0v) is 11.4. The van der Waals surface area contributed by atoms with Crippen LogP contribution in [0.15, 0.2) is 60.8 Å². The van der Waals surface area contributed by atoms with Crippen LogP contribution in [0.1, 0.15) is 0 Å². The molecule has 6 nitrogen and oxygen atoms in total. The Balaban J connectivity index is 1.88. The Bertz CT molecular complexity index is 1010. The number of benzene rings is 2. The van der Waals surface area contributed by atoms with Gasteiger partial charge in [-0.3, -0.25) is 10.1 Å². The highest BCUT2D eigenvalue weighted by atomic mass is 16.6. The van der Waals surface area contributed by atoms with E-state index in [1.54, 1.807) is 16.6 Å². The van der Waals surface area contributed by atoms with Crippen molar-refractivity contribution in [3.05, 3.63) is 70.9 Å². The van der Waals surface area contributed by atoms with Crippen molar-refractivity contribution in [3.8, 4) is 11.4 Å². The summed E-state index contributed by atoms with van der Waals surface area (Å²) in [5.74, 6) is 0.547. The number of rotatable bonds is 2. The Hall–Kier alpha value is -3.28. The van der Waals surface area contributed by atoms with E-state index < -0.39 is 4.92 Å². The van der Waals surface area contributed by atoms with Crippen molar-refractivity contribution in [2.45, 2.75) is 0 Å². The fourth-order valence-corrected chi connectivity index (χ4v) is 2.46. The minimum Gasteiger partial charge on any atom is -0.258 e. The molecule has 2 heterocycles. The van der Waals surface area contributed by atoms with Gasteiger partial charge in [-0.2, -0.15) is 0 Å². The Kier molecular flexibility index (Phi) is 2.62. The predicted molar refractivity (Wildman–Crippen MR) is 82.6 cm³/mol. The number of hydrogen-bond acceptors (Lipinski definition) is 4. The number of hydrogen-bond donors (Lipinski definition) is 0. The molecule has 0 atom stereocenters. The van der Waals surface area contributed by atoms with Crippen molar-refractivity contribution < 1.29 is 4.92 Å². The molecule has 0 spiro atoms. The van der Waals surface area contributed by atoms with Gasteiger partial charge in [-0.1, -0.05) is 24.3 Å². The SMILES string of the molecule is O=[N+]([O-])c1ccc(-c2nc3c4ccccc4ccn3n2)cc1. The first kappa shape index (κ1) is 12.5. The molecule has 106 valence electrons. The highest BCUT2D eigenvalue weighted by Crippen LogP contribution is 2.23. The van der Waals surface area contributed by atoms with Crippen molar-refractivity contribution in [1.29, 1.82) is 0 Å². The van der Waals surface area contributed by atoms with E-state index in [4.69, 9.17) is 0 Å². The van der Waals surface area contributed by atoms with E-state index in [1.807, 2.05) is 36.5 Å². The van der Waals surface area contributed by atoms with Crippen LogP contribution in [0.25, 0.3) is 27.8 Å². The maximum Gasteiger partial charge on any atom is 0.269 e. The number of fused-ring (bicyclic) bond motifs is 3. The first-order valence-corrected chi connectivity index (χ1v) is 6.71. The zero-order valence-electron chi connectivity index (χ0n) is 11.4. The molecule has 4 rings (SSSR count). The van der Waals surface area contributed by atoms with Crippen molar-refractivity contribution >= 4 is 22.1 Å². The molecule has 0 saturated heterocycles. The number of non-ortho nitro benzene ring substituents is 1. The standard InChI is InChI=1S/C16H10N4O2/c21-20(22)13-7-5-12(6-8-13)15-17-16-14-4-2-1-3-11(14)9-10-19(16)18-15/h1-10H. The van der Waals surface area contributed by atoms with Crippen LogP contribution in [0.3, 0.4) is 0 Å². The van der Waals surface area contributed by atoms with Crippen molar-refractivity contribution in [2.24, 2.45) is 0 Å². The normalized spacial score (nSPS) is 11.1. The third-order valence-corrected chi connectivity index (χ3v) is 3.56.